The minimum atomic E-state index is -4.13. The molecule has 3 rings (SSSR count). The molecule has 0 unspecified atom stereocenters. The van der Waals surface area contributed by atoms with E-state index in [-0.39, 0.29) is 16.1 Å². The summed E-state index contributed by atoms with van der Waals surface area (Å²) in [5.41, 5.74) is 1.13. The Hall–Kier alpha value is -3.12. The monoisotopic (exact) mass is 470 g/mol. The lowest BCUT2D eigenvalue weighted by Gasteiger charge is -2.08. The number of nitro benzene ring substituents is 1. The van der Waals surface area contributed by atoms with Crippen molar-refractivity contribution in [2.45, 2.75) is 21.6 Å². The van der Waals surface area contributed by atoms with Crippen LogP contribution in [0.25, 0.3) is 6.08 Å². The van der Waals surface area contributed by atoms with E-state index in [1.165, 1.54) is 48.2 Å². The molecule has 0 N–H and O–H groups in total. The summed E-state index contributed by atoms with van der Waals surface area (Å²) in [4.78, 5) is 11.5. The average molecular weight is 471 g/mol. The Bertz CT molecular complexity index is 1310. The smallest absolute Gasteiger partial charge is 0.258 e. The number of hydrogen-bond donors (Lipinski definition) is 0. The number of halogens is 1. The molecule has 3 aromatic carbocycles. The highest BCUT2D eigenvalue weighted by atomic mass is 35.5. The zero-order valence-electron chi connectivity index (χ0n) is 16.2. The fraction of sp³-hybridized carbons (Fsp3) is 0.0455. The van der Waals surface area contributed by atoms with Gasteiger partial charge < -0.3 is 0 Å². The van der Waals surface area contributed by atoms with E-state index in [1.807, 2.05) is 31.2 Å². The second kappa shape index (κ2) is 9.35. The van der Waals surface area contributed by atoms with Gasteiger partial charge >= 0.3 is 0 Å². The number of rotatable bonds is 6. The summed E-state index contributed by atoms with van der Waals surface area (Å²) in [7, 11) is -4.13. The first-order chi connectivity index (χ1) is 14.7. The van der Waals surface area contributed by atoms with Crippen LogP contribution in [0.1, 0.15) is 11.1 Å². The van der Waals surface area contributed by atoms with Gasteiger partial charge in [0.15, 0.2) is 0 Å². The normalized spacial score (nSPS) is 11.7. The predicted molar refractivity (Wildman–Crippen MR) is 121 cm³/mol. The van der Waals surface area contributed by atoms with Crippen LogP contribution in [0.5, 0.6) is 0 Å². The van der Waals surface area contributed by atoms with Crippen LogP contribution in [-0.2, 0) is 9.84 Å². The lowest BCUT2D eigenvalue weighted by Crippen LogP contribution is -2.03. The Kier molecular flexibility index (Phi) is 6.81. The summed E-state index contributed by atoms with van der Waals surface area (Å²) < 4.78 is 25.9. The van der Waals surface area contributed by atoms with Crippen LogP contribution >= 0.6 is 23.4 Å². The van der Waals surface area contributed by atoms with E-state index in [1.54, 1.807) is 12.1 Å². The van der Waals surface area contributed by atoms with Crippen molar-refractivity contribution in [2.24, 2.45) is 0 Å². The first-order valence-electron chi connectivity index (χ1n) is 8.86. The molecule has 0 aliphatic rings. The van der Waals surface area contributed by atoms with Crippen LogP contribution in [0.15, 0.2) is 86.3 Å². The lowest BCUT2D eigenvalue weighted by molar-refractivity contribution is -0.384. The largest absolute Gasteiger partial charge is 0.270 e. The minimum Gasteiger partial charge on any atom is -0.258 e. The molecule has 3 aromatic rings. The molecule has 0 atom stereocenters. The molecule has 31 heavy (non-hydrogen) atoms. The van der Waals surface area contributed by atoms with E-state index in [4.69, 9.17) is 11.6 Å². The summed E-state index contributed by atoms with van der Waals surface area (Å²) in [6.45, 7) is 1.95. The van der Waals surface area contributed by atoms with Crippen LogP contribution in [0.4, 0.5) is 5.69 Å². The number of hydrogen-bond acceptors (Lipinski definition) is 6. The summed E-state index contributed by atoms with van der Waals surface area (Å²) in [5, 5.41) is 21.2. The van der Waals surface area contributed by atoms with E-state index >= 15 is 0 Å². The van der Waals surface area contributed by atoms with Gasteiger partial charge in [-0.2, -0.15) is 5.26 Å². The Labute approximate surface area is 188 Å². The second-order valence-electron chi connectivity index (χ2n) is 6.47. The first kappa shape index (κ1) is 22.6. The van der Waals surface area contributed by atoms with Crippen LogP contribution in [0.2, 0.25) is 5.02 Å². The van der Waals surface area contributed by atoms with Crippen LogP contribution in [0, 0.1) is 28.4 Å². The van der Waals surface area contributed by atoms with Gasteiger partial charge in [0, 0.05) is 26.9 Å². The Morgan fingerprint density at radius 1 is 1.10 bits per heavy atom. The van der Waals surface area contributed by atoms with E-state index in [0.29, 0.717) is 9.92 Å². The number of nitro groups is 1. The number of allylic oxidation sites excluding steroid dienone is 1. The van der Waals surface area contributed by atoms with Crippen molar-refractivity contribution in [2.75, 3.05) is 0 Å². The summed E-state index contributed by atoms with van der Waals surface area (Å²) in [5.74, 6) is 0. The maximum atomic E-state index is 12.9. The van der Waals surface area contributed by atoms with E-state index in [9.17, 15) is 23.8 Å². The Morgan fingerprint density at radius 2 is 1.74 bits per heavy atom. The molecule has 156 valence electrons. The fourth-order valence-corrected chi connectivity index (χ4v) is 4.81. The number of nitrogens with zero attached hydrogens (tertiary/aromatic N) is 2. The van der Waals surface area contributed by atoms with Gasteiger partial charge in [-0.05, 0) is 61.0 Å². The van der Waals surface area contributed by atoms with Crippen molar-refractivity contribution >= 4 is 45.0 Å². The summed E-state index contributed by atoms with van der Waals surface area (Å²) >= 11 is 7.13. The number of non-ortho nitro benzene ring substituents is 1. The standard InChI is InChI=1S/C22H15ClN2O4S2/c1-15-2-7-19(8-3-15)30-22-11-6-18(25(26)27)12-16(22)13-21(14-24)31(28,29)20-9-4-17(23)5-10-20/h2-13H,1H3/b21-13+. The van der Waals surface area contributed by atoms with E-state index < -0.39 is 19.7 Å². The molecule has 0 saturated carbocycles. The van der Waals surface area contributed by atoms with Crippen molar-refractivity contribution in [1.29, 1.82) is 5.26 Å². The van der Waals surface area contributed by atoms with Gasteiger partial charge in [0.25, 0.3) is 5.69 Å². The second-order valence-corrected chi connectivity index (χ2v) is 9.94. The number of benzene rings is 3. The molecular weight excluding hydrogens is 456 g/mol. The Morgan fingerprint density at radius 3 is 2.32 bits per heavy atom. The molecule has 9 heteroatoms. The van der Waals surface area contributed by atoms with Gasteiger partial charge in [0.2, 0.25) is 9.84 Å². The fourth-order valence-electron chi connectivity index (χ4n) is 2.64. The van der Waals surface area contributed by atoms with Gasteiger partial charge in [-0.15, -0.1) is 0 Å². The van der Waals surface area contributed by atoms with Crippen LogP contribution in [0.3, 0.4) is 0 Å². The molecule has 0 aliphatic carbocycles. The predicted octanol–water partition coefficient (Wildman–Crippen LogP) is 6.05. The third-order valence-electron chi connectivity index (χ3n) is 4.26. The van der Waals surface area contributed by atoms with Crippen LogP contribution < -0.4 is 0 Å². The van der Waals surface area contributed by atoms with E-state index in [0.717, 1.165) is 16.5 Å². The molecule has 0 radical (unpaired) electrons. The molecule has 0 aromatic heterocycles. The Balaban J connectivity index is 2.11. The average Bonchev–Trinajstić information content (AvgIpc) is 2.74. The zero-order valence-corrected chi connectivity index (χ0v) is 18.5. The third-order valence-corrected chi connectivity index (χ3v) is 7.30. The van der Waals surface area contributed by atoms with Gasteiger partial charge in [0.1, 0.15) is 11.0 Å². The molecule has 0 saturated heterocycles. The highest BCUT2D eigenvalue weighted by Gasteiger charge is 2.22. The molecule has 0 amide bonds. The van der Waals surface area contributed by atoms with Gasteiger partial charge in [0.05, 0.1) is 9.82 Å². The van der Waals surface area contributed by atoms with Crippen molar-refractivity contribution in [1.82, 2.24) is 0 Å². The van der Waals surface area contributed by atoms with Gasteiger partial charge in [-0.3, -0.25) is 10.1 Å². The molecule has 0 aliphatic heterocycles. The van der Waals surface area contributed by atoms with Crippen molar-refractivity contribution in [3.63, 3.8) is 0 Å². The number of aryl methyl sites for hydroxylation is 1. The number of sulfone groups is 1. The van der Waals surface area contributed by atoms with Crippen molar-refractivity contribution in [3.05, 3.63) is 97.9 Å². The van der Waals surface area contributed by atoms with Crippen molar-refractivity contribution in [3.8, 4) is 6.07 Å². The SMILES string of the molecule is Cc1ccc(Sc2ccc([N+](=O)[O-])cc2/C=C(\C#N)S(=O)(=O)c2ccc(Cl)cc2)cc1. The molecule has 0 spiro atoms. The molecule has 0 bridgehead atoms. The highest BCUT2D eigenvalue weighted by Crippen LogP contribution is 2.35. The van der Waals surface area contributed by atoms with Crippen LogP contribution in [-0.4, -0.2) is 13.3 Å². The van der Waals surface area contributed by atoms with Gasteiger partial charge in [-0.25, -0.2) is 8.42 Å². The maximum absolute atomic E-state index is 12.9. The number of nitriles is 1. The lowest BCUT2D eigenvalue weighted by atomic mass is 10.2. The maximum Gasteiger partial charge on any atom is 0.270 e. The molecule has 0 fully saturated rings. The van der Waals surface area contributed by atoms with E-state index in [2.05, 4.69) is 0 Å². The topological polar surface area (TPSA) is 101 Å². The first-order valence-corrected chi connectivity index (χ1v) is 11.5. The molecule has 6 nitrogen and oxygen atoms in total. The highest BCUT2D eigenvalue weighted by molar-refractivity contribution is 7.99. The minimum absolute atomic E-state index is 0.0946. The van der Waals surface area contributed by atoms with Gasteiger partial charge in [-0.1, -0.05) is 41.1 Å². The van der Waals surface area contributed by atoms with Crippen molar-refractivity contribution < 1.29 is 13.3 Å². The zero-order chi connectivity index (χ0) is 22.6. The summed E-state index contributed by atoms with van der Waals surface area (Å²) in [6.07, 6.45) is 1.16. The molecular formula is C22H15ClN2O4S2. The molecule has 0 heterocycles. The third kappa shape index (κ3) is 5.33. The summed E-state index contributed by atoms with van der Waals surface area (Å²) in [6, 6.07) is 18.9. The quantitative estimate of drug-likeness (QED) is 0.247.